The Hall–Kier alpha value is -4.60. The number of hydrogen-bond donors (Lipinski definition) is 2. The van der Waals surface area contributed by atoms with Crippen LogP contribution in [0.5, 0.6) is 11.6 Å². The van der Waals surface area contributed by atoms with Crippen LogP contribution in [0.3, 0.4) is 0 Å². The number of nitrogens with zero attached hydrogens (tertiary/aromatic N) is 2. The van der Waals surface area contributed by atoms with Crippen molar-refractivity contribution >= 4 is 50.0 Å². The predicted octanol–water partition coefficient (Wildman–Crippen LogP) is 5.91. The summed E-state index contributed by atoms with van der Waals surface area (Å²) >= 11 is 6.07. The van der Waals surface area contributed by atoms with Crippen molar-refractivity contribution in [2.75, 3.05) is 11.8 Å². The molecule has 196 valence electrons. The number of ether oxygens (including phenoxy) is 1. The smallest absolute Gasteiger partial charge is 0.265 e. The molecule has 10 heteroatoms. The first kappa shape index (κ1) is 26.0. The molecule has 0 amide bonds. The molecule has 5 aromatic rings. The highest BCUT2D eigenvalue weighted by molar-refractivity contribution is 7.92. The maximum atomic E-state index is 13.5. The molecular weight excluding hydrogens is 538 g/mol. The topological polar surface area (TPSA) is 110 Å². The fourth-order valence-electron chi connectivity index (χ4n) is 4.15. The predicted molar refractivity (Wildman–Crippen MR) is 154 cm³/mol. The number of para-hydroxylation sites is 2. The SMILES string of the molecule is COc1ccccc1NS(=O)(=O)c1cccc(-n2c(O)c(C=Nc3cccc(Cl)c3)c3ccccc3c2=O)c1. The van der Waals surface area contributed by atoms with Gasteiger partial charge < -0.3 is 9.84 Å². The summed E-state index contributed by atoms with van der Waals surface area (Å²) in [4.78, 5) is 17.8. The van der Waals surface area contributed by atoms with E-state index in [0.717, 1.165) is 4.57 Å². The van der Waals surface area contributed by atoms with Gasteiger partial charge >= 0.3 is 0 Å². The van der Waals surface area contributed by atoms with Crippen molar-refractivity contribution < 1.29 is 18.3 Å². The van der Waals surface area contributed by atoms with E-state index in [9.17, 15) is 18.3 Å². The minimum Gasteiger partial charge on any atom is -0.495 e. The number of halogens is 1. The van der Waals surface area contributed by atoms with Crippen LogP contribution in [0, 0.1) is 0 Å². The van der Waals surface area contributed by atoms with E-state index in [1.165, 1.54) is 37.6 Å². The zero-order valence-corrected chi connectivity index (χ0v) is 22.1. The largest absolute Gasteiger partial charge is 0.495 e. The molecule has 2 N–H and O–H groups in total. The Kier molecular flexibility index (Phi) is 7.10. The molecule has 0 atom stereocenters. The molecular formula is C29H22ClN3O5S. The molecule has 0 fully saturated rings. The van der Waals surface area contributed by atoms with Crippen LogP contribution < -0.4 is 15.0 Å². The average molecular weight is 560 g/mol. The lowest BCUT2D eigenvalue weighted by atomic mass is 10.1. The second kappa shape index (κ2) is 10.6. The summed E-state index contributed by atoms with van der Waals surface area (Å²) in [6, 6.07) is 26.0. The van der Waals surface area contributed by atoms with E-state index in [2.05, 4.69) is 9.71 Å². The van der Waals surface area contributed by atoms with Gasteiger partial charge in [0.1, 0.15) is 5.75 Å². The summed E-state index contributed by atoms with van der Waals surface area (Å²) in [5.41, 5.74) is 0.735. The van der Waals surface area contributed by atoms with Gasteiger partial charge in [-0.05, 0) is 54.6 Å². The number of rotatable bonds is 7. The van der Waals surface area contributed by atoms with Crippen LogP contribution in [0.1, 0.15) is 5.56 Å². The Bertz CT molecular complexity index is 1900. The van der Waals surface area contributed by atoms with E-state index in [-0.39, 0.29) is 21.8 Å². The standard InChI is InChI=1S/C29H22ClN3O5S/c1-38-27-15-5-4-14-26(27)32-39(36,37)22-11-7-10-21(17-22)33-28(34)24-13-3-2-12-23(24)25(29(33)35)18-31-20-9-6-8-19(30)16-20/h2-18,32,35H,1H3. The molecule has 0 radical (unpaired) electrons. The molecule has 1 aromatic heterocycles. The van der Waals surface area contributed by atoms with Gasteiger partial charge in [-0.25, -0.2) is 13.0 Å². The van der Waals surface area contributed by atoms with Crippen molar-refractivity contribution in [2.45, 2.75) is 4.90 Å². The highest BCUT2D eigenvalue weighted by Crippen LogP contribution is 2.30. The van der Waals surface area contributed by atoms with Gasteiger partial charge in [-0.3, -0.25) is 14.5 Å². The summed E-state index contributed by atoms with van der Waals surface area (Å²) in [6.45, 7) is 0. The first-order valence-electron chi connectivity index (χ1n) is 11.7. The zero-order valence-electron chi connectivity index (χ0n) is 20.6. The van der Waals surface area contributed by atoms with Crippen molar-refractivity contribution in [1.82, 2.24) is 4.57 Å². The normalized spacial score (nSPS) is 11.6. The van der Waals surface area contributed by atoms with Gasteiger partial charge in [0, 0.05) is 22.0 Å². The van der Waals surface area contributed by atoms with E-state index in [1.54, 1.807) is 72.8 Å². The molecule has 0 aliphatic carbocycles. The van der Waals surface area contributed by atoms with E-state index in [0.29, 0.717) is 27.2 Å². The number of methoxy groups -OCH3 is 1. The highest BCUT2D eigenvalue weighted by Gasteiger charge is 2.20. The van der Waals surface area contributed by atoms with Crippen molar-refractivity contribution in [2.24, 2.45) is 4.99 Å². The quantitative estimate of drug-likeness (QED) is 0.241. The fourth-order valence-corrected chi connectivity index (χ4v) is 5.44. The molecule has 0 aliphatic rings. The number of aromatic nitrogens is 1. The number of hydrogen-bond acceptors (Lipinski definition) is 6. The van der Waals surface area contributed by atoms with Gasteiger partial charge in [-0.15, -0.1) is 0 Å². The minimum atomic E-state index is -4.07. The van der Waals surface area contributed by atoms with Gasteiger partial charge in [-0.2, -0.15) is 0 Å². The summed E-state index contributed by atoms with van der Waals surface area (Å²) in [6.07, 6.45) is 1.45. The van der Waals surface area contributed by atoms with Crippen molar-refractivity contribution in [3.63, 3.8) is 0 Å². The molecule has 4 aromatic carbocycles. The molecule has 8 nitrogen and oxygen atoms in total. The van der Waals surface area contributed by atoms with Gasteiger partial charge in [-0.1, -0.05) is 54.1 Å². The van der Waals surface area contributed by atoms with Crippen molar-refractivity contribution in [1.29, 1.82) is 0 Å². The van der Waals surface area contributed by atoms with Crippen LogP contribution in [0.4, 0.5) is 11.4 Å². The monoisotopic (exact) mass is 559 g/mol. The van der Waals surface area contributed by atoms with Crippen LogP contribution in [-0.4, -0.2) is 31.4 Å². The first-order valence-corrected chi connectivity index (χ1v) is 13.6. The third-order valence-corrected chi connectivity index (χ3v) is 7.59. The van der Waals surface area contributed by atoms with E-state index >= 15 is 0 Å². The lowest BCUT2D eigenvalue weighted by Gasteiger charge is -2.15. The Morgan fingerprint density at radius 1 is 0.923 bits per heavy atom. The molecule has 1 heterocycles. The van der Waals surface area contributed by atoms with Crippen LogP contribution in [0.25, 0.3) is 16.5 Å². The first-order chi connectivity index (χ1) is 18.8. The van der Waals surface area contributed by atoms with Crippen LogP contribution >= 0.6 is 11.6 Å². The number of aromatic hydroxyl groups is 1. The van der Waals surface area contributed by atoms with Gasteiger partial charge in [0.15, 0.2) is 0 Å². The van der Waals surface area contributed by atoms with Crippen LogP contribution in [0.15, 0.2) is 112 Å². The maximum absolute atomic E-state index is 13.5. The maximum Gasteiger partial charge on any atom is 0.265 e. The summed E-state index contributed by atoms with van der Waals surface area (Å²) in [7, 11) is -2.63. The third-order valence-electron chi connectivity index (χ3n) is 5.99. The highest BCUT2D eigenvalue weighted by atomic mass is 35.5. The van der Waals surface area contributed by atoms with E-state index in [1.807, 2.05) is 0 Å². The number of pyridine rings is 1. The molecule has 0 unspecified atom stereocenters. The number of fused-ring (bicyclic) bond motifs is 1. The second-order valence-corrected chi connectivity index (χ2v) is 10.6. The van der Waals surface area contributed by atoms with E-state index < -0.39 is 21.5 Å². The fraction of sp³-hybridized carbons (Fsp3) is 0.0345. The molecule has 0 saturated heterocycles. The molecule has 0 spiro atoms. The Balaban J connectivity index is 1.64. The summed E-state index contributed by atoms with van der Waals surface area (Å²) < 4.78 is 35.3. The zero-order chi connectivity index (χ0) is 27.6. The number of anilines is 1. The van der Waals surface area contributed by atoms with Gasteiger partial charge in [0.25, 0.3) is 15.6 Å². The molecule has 0 saturated carbocycles. The average Bonchev–Trinajstić information content (AvgIpc) is 2.93. The number of benzene rings is 4. The van der Waals surface area contributed by atoms with Crippen LogP contribution in [0.2, 0.25) is 5.02 Å². The van der Waals surface area contributed by atoms with E-state index in [4.69, 9.17) is 16.3 Å². The summed E-state index contributed by atoms with van der Waals surface area (Å²) in [5.74, 6) is -0.0408. The van der Waals surface area contributed by atoms with Crippen molar-refractivity contribution in [3.8, 4) is 17.3 Å². The van der Waals surface area contributed by atoms with Crippen LogP contribution in [-0.2, 0) is 10.0 Å². The molecule has 0 bridgehead atoms. The molecule has 0 aliphatic heterocycles. The molecule has 39 heavy (non-hydrogen) atoms. The van der Waals surface area contributed by atoms with Gasteiger partial charge in [0.05, 0.1) is 34.6 Å². The number of aliphatic imine (C=N–C) groups is 1. The summed E-state index contributed by atoms with van der Waals surface area (Å²) in [5, 5.41) is 12.6. The lowest BCUT2D eigenvalue weighted by molar-refractivity contribution is 0.417. The molecule has 5 rings (SSSR count). The second-order valence-electron chi connectivity index (χ2n) is 8.46. The Labute approximate surface area is 229 Å². The minimum absolute atomic E-state index is 0.112. The third kappa shape index (κ3) is 5.22. The number of sulfonamides is 1. The van der Waals surface area contributed by atoms with Gasteiger partial charge in [0.2, 0.25) is 5.88 Å². The lowest BCUT2D eigenvalue weighted by Crippen LogP contribution is -2.21. The van der Waals surface area contributed by atoms with Crippen molar-refractivity contribution in [3.05, 3.63) is 118 Å². The Morgan fingerprint density at radius 3 is 2.41 bits per heavy atom. The Morgan fingerprint density at radius 2 is 1.64 bits per heavy atom. The number of nitrogens with one attached hydrogen (secondary N) is 1.